The Labute approximate surface area is 196 Å². The van der Waals surface area contributed by atoms with Crippen molar-refractivity contribution in [3.63, 3.8) is 0 Å². The summed E-state index contributed by atoms with van der Waals surface area (Å²) in [6.07, 6.45) is 2.91. The first-order valence-corrected chi connectivity index (χ1v) is 10.8. The van der Waals surface area contributed by atoms with Gasteiger partial charge in [-0.25, -0.2) is 4.98 Å². The number of nitrogens with two attached hydrogens (primary N) is 1. The molecule has 0 bridgehead atoms. The van der Waals surface area contributed by atoms with Gasteiger partial charge in [-0.05, 0) is 39.0 Å². The van der Waals surface area contributed by atoms with Crippen molar-refractivity contribution in [1.82, 2.24) is 15.3 Å². The summed E-state index contributed by atoms with van der Waals surface area (Å²) < 4.78 is 17.1. The summed E-state index contributed by atoms with van der Waals surface area (Å²) in [5.74, 6) is 1.21. The van der Waals surface area contributed by atoms with Gasteiger partial charge in [0.1, 0.15) is 0 Å². The molecule has 170 valence electrons. The van der Waals surface area contributed by atoms with E-state index in [9.17, 15) is 4.79 Å². The number of rotatable bonds is 9. The summed E-state index contributed by atoms with van der Waals surface area (Å²) in [6, 6.07) is 4.75. The lowest BCUT2D eigenvalue weighted by Crippen LogP contribution is -2.25. The maximum absolute atomic E-state index is 12.9. The minimum Gasteiger partial charge on any atom is -0.490 e. The lowest BCUT2D eigenvalue weighted by atomic mass is 10.2. The van der Waals surface area contributed by atoms with Crippen molar-refractivity contribution in [2.75, 3.05) is 13.2 Å². The maximum atomic E-state index is 12.9. The van der Waals surface area contributed by atoms with Crippen molar-refractivity contribution in [3.8, 4) is 23.0 Å². The second-order valence-corrected chi connectivity index (χ2v) is 7.63. The standard InChI is InChI=1S/C22H24Cl2N4O4/c1-4-30-17-7-6-13(8-18(17)31-5-2)22-28-19(20(32-22)12(3)25)21(29)27-9-14-15(23)10-26-11-16(14)24/h6-8,10-12H,4-5,9,25H2,1-3H3,(H,27,29). The first-order valence-electron chi connectivity index (χ1n) is 10.1. The zero-order valence-electron chi connectivity index (χ0n) is 17.9. The van der Waals surface area contributed by atoms with Gasteiger partial charge in [-0.2, -0.15) is 0 Å². The molecule has 1 amide bonds. The van der Waals surface area contributed by atoms with Crippen LogP contribution in [0.3, 0.4) is 0 Å². The Morgan fingerprint density at radius 2 is 1.81 bits per heavy atom. The van der Waals surface area contributed by atoms with Gasteiger partial charge in [0, 0.05) is 30.1 Å². The molecule has 32 heavy (non-hydrogen) atoms. The average molecular weight is 479 g/mol. The van der Waals surface area contributed by atoms with E-state index in [1.807, 2.05) is 13.8 Å². The zero-order valence-corrected chi connectivity index (χ0v) is 19.5. The molecule has 1 aromatic carbocycles. The summed E-state index contributed by atoms with van der Waals surface area (Å²) in [5.41, 5.74) is 7.29. The summed E-state index contributed by atoms with van der Waals surface area (Å²) in [4.78, 5) is 21.2. The van der Waals surface area contributed by atoms with Gasteiger partial charge >= 0.3 is 0 Å². The molecule has 0 saturated carbocycles. The van der Waals surface area contributed by atoms with Crippen LogP contribution in [0, 0.1) is 0 Å². The minimum atomic E-state index is -0.556. The third-order valence-corrected chi connectivity index (χ3v) is 5.10. The second kappa shape index (κ2) is 10.7. The lowest BCUT2D eigenvalue weighted by Gasteiger charge is -2.11. The fraction of sp³-hybridized carbons (Fsp3) is 0.318. The zero-order chi connectivity index (χ0) is 23.3. The highest BCUT2D eigenvalue weighted by Gasteiger charge is 2.24. The number of carbonyl (C=O) groups excluding carboxylic acids is 1. The molecule has 1 unspecified atom stereocenters. The van der Waals surface area contributed by atoms with Crippen molar-refractivity contribution in [2.45, 2.75) is 33.4 Å². The van der Waals surface area contributed by atoms with Crippen molar-refractivity contribution >= 4 is 29.1 Å². The second-order valence-electron chi connectivity index (χ2n) is 6.81. The Bertz CT molecular complexity index is 1080. The number of hydrogen-bond acceptors (Lipinski definition) is 7. The summed E-state index contributed by atoms with van der Waals surface area (Å²) >= 11 is 12.3. The van der Waals surface area contributed by atoms with Gasteiger partial charge in [-0.3, -0.25) is 9.78 Å². The van der Waals surface area contributed by atoms with E-state index in [-0.39, 0.29) is 23.9 Å². The molecule has 8 nitrogen and oxygen atoms in total. The summed E-state index contributed by atoms with van der Waals surface area (Å²) in [7, 11) is 0. The van der Waals surface area contributed by atoms with Crippen molar-refractivity contribution in [2.24, 2.45) is 5.73 Å². The van der Waals surface area contributed by atoms with E-state index < -0.39 is 11.9 Å². The van der Waals surface area contributed by atoms with Gasteiger partial charge < -0.3 is 24.9 Å². The third-order valence-electron chi connectivity index (χ3n) is 4.45. The minimum absolute atomic E-state index is 0.0862. The van der Waals surface area contributed by atoms with E-state index in [4.69, 9.17) is 42.8 Å². The van der Waals surface area contributed by atoms with Crippen LogP contribution in [0.15, 0.2) is 35.0 Å². The van der Waals surface area contributed by atoms with Crippen LogP contribution >= 0.6 is 23.2 Å². The molecule has 1 atom stereocenters. The molecule has 3 rings (SSSR count). The molecule has 0 radical (unpaired) electrons. The Morgan fingerprint density at radius 1 is 1.16 bits per heavy atom. The fourth-order valence-electron chi connectivity index (χ4n) is 2.97. The number of pyridine rings is 1. The van der Waals surface area contributed by atoms with Gasteiger partial charge in [-0.15, -0.1) is 0 Å². The van der Waals surface area contributed by atoms with Crippen molar-refractivity contribution in [1.29, 1.82) is 0 Å². The highest BCUT2D eigenvalue weighted by atomic mass is 35.5. The molecule has 0 saturated heterocycles. The number of halogens is 2. The number of nitrogens with zero attached hydrogens (tertiary/aromatic N) is 2. The molecule has 2 aromatic heterocycles. The normalized spacial score (nSPS) is 11.8. The quantitative estimate of drug-likeness (QED) is 0.454. The van der Waals surface area contributed by atoms with Gasteiger partial charge in [-0.1, -0.05) is 23.2 Å². The molecule has 0 aliphatic carbocycles. The summed E-state index contributed by atoms with van der Waals surface area (Å²) in [6.45, 7) is 6.55. The van der Waals surface area contributed by atoms with E-state index in [0.717, 1.165) is 0 Å². The predicted molar refractivity (Wildman–Crippen MR) is 122 cm³/mol. The number of aromatic nitrogens is 2. The van der Waals surface area contributed by atoms with Crippen LogP contribution in [0.25, 0.3) is 11.5 Å². The number of hydrogen-bond donors (Lipinski definition) is 2. The first kappa shape index (κ1) is 23.8. The SMILES string of the molecule is CCOc1ccc(-c2nc(C(=O)NCc3c(Cl)cncc3Cl)c(C(C)N)o2)cc1OCC. The Balaban J connectivity index is 1.90. The van der Waals surface area contributed by atoms with E-state index >= 15 is 0 Å². The average Bonchev–Trinajstić information content (AvgIpc) is 3.21. The molecule has 0 aliphatic heterocycles. The first-order chi connectivity index (χ1) is 15.3. The largest absolute Gasteiger partial charge is 0.490 e. The van der Waals surface area contributed by atoms with E-state index in [0.29, 0.717) is 45.9 Å². The molecule has 2 heterocycles. The van der Waals surface area contributed by atoms with Crippen LogP contribution in [-0.4, -0.2) is 29.1 Å². The molecule has 0 spiro atoms. The Morgan fingerprint density at radius 3 is 2.44 bits per heavy atom. The van der Waals surface area contributed by atoms with Crippen LogP contribution in [0.5, 0.6) is 11.5 Å². The topological polar surface area (TPSA) is 112 Å². The number of carbonyl (C=O) groups is 1. The number of benzene rings is 1. The Hall–Kier alpha value is -2.81. The Kier molecular flexibility index (Phi) is 7.95. The number of nitrogens with one attached hydrogen (secondary N) is 1. The summed E-state index contributed by atoms with van der Waals surface area (Å²) in [5, 5.41) is 3.46. The van der Waals surface area contributed by atoms with Crippen molar-refractivity contribution in [3.05, 3.63) is 57.7 Å². The van der Waals surface area contributed by atoms with Crippen LogP contribution < -0.4 is 20.5 Å². The highest BCUT2D eigenvalue weighted by molar-refractivity contribution is 6.35. The molecule has 3 N–H and O–H groups in total. The molecule has 10 heteroatoms. The van der Waals surface area contributed by atoms with Gasteiger partial charge in [0.25, 0.3) is 5.91 Å². The molecule has 3 aromatic rings. The number of oxazole rings is 1. The number of amides is 1. The predicted octanol–water partition coefficient (Wildman–Crippen LogP) is 4.79. The number of ether oxygens (including phenoxy) is 2. The third kappa shape index (κ3) is 5.32. The fourth-order valence-corrected chi connectivity index (χ4v) is 3.47. The molecule has 0 aliphatic rings. The monoisotopic (exact) mass is 478 g/mol. The van der Waals surface area contributed by atoms with Gasteiger partial charge in [0.2, 0.25) is 5.89 Å². The van der Waals surface area contributed by atoms with Crippen LogP contribution in [-0.2, 0) is 6.54 Å². The molecular formula is C22H24Cl2N4O4. The van der Waals surface area contributed by atoms with Crippen molar-refractivity contribution < 1.29 is 18.7 Å². The maximum Gasteiger partial charge on any atom is 0.273 e. The van der Waals surface area contributed by atoms with Crippen LogP contribution in [0.4, 0.5) is 0 Å². The van der Waals surface area contributed by atoms with Crippen LogP contribution in [0.1, 0.15) is 48.6 Å². The van der Waals surface area contributed by atoms with Gasteiger partial charge in [0.15, 0.2) is 23.0 Å². The lowest BCUT2D eigenvalue weighted by molar-refractivity contribution is 0.0944. The van der Waals surface area contributed by atoms with Gasteiger partial charge in [0.05, 0.1) is 29.3 Å². The van der Waals surface area contributed by atoms with E-state index in [2.05, 4.69) is 15.3 Å². The molecular weight excluding hydrogens is 455 g/mol. The van der Waals surface area contributed by atoms with E-state index in [1.54, 1.807) is 25.1 Å². The highest BCUT2D eigenvalue weighted by Crippen LogP contribution is 2.34. The molecule has 0 fully saturated rings. The van der Waals surface area contributed by atoms with E-state index in [1.165, 1.54) is 12.4 Å². The smallest absolute Gasteiger partial charge is 0.273 e. The van der Waals surface area contributed by atoms with Crippen LogP contribution in [0.2, 0.25) is 10.0 Å².